The zero-order chi connectivity index (χ0) is 19.2. The maximum Gasteiger partial charge on any atom is 0.347 e. The molecule has 136 valence electrons. The summed E-state index contributed by atoms with van der Waals surface area (Å²) in [5.41, 5.74) is 1.58. The van der Waals surface area contributed by atoms with Gasteiger partial charge in [-0.1, -0.05) is 0 Å². The fourth-order valence-corrected chi connectivity index (χ4v) is 2.90. The molecule has 0 saturated carbocycles. The van der Waals surface area contributed by atoms with E-state index in [0.717, 1.165) is 0 Å². The van der Waals surface area contributed by atoms with Gasteiger partial charge < -0.3 is 24.1 Å². The Hall–Kier alpha value is -3.22. The van der Waals surface area contributed by atoms with Crippen LogP contribution in [0.2, 0.25) is 0 Å². The van der Waals surface area contributed by atoms with E-state index in [0.29, 0.717) is 22.4 Å². The number of aryl methyl sites for hydroxylation is 1. The summed E-state index contributed by atoms with van der Waals surface area (Å²) < 4.78 is 21.6. The first-order valence-corrected chi connectivity index (χ1v) is 7.83. The Morgan fingerprint density at radius 3 is 2.31 bits per heavy atom. The molecular weight excluding hydrogens is 340 g/mol. The van der Waals surface area contributed by atoms with Gasteiger partial charge in [0, 0.05) is 11.1 Å². The largest absolute Gasteiger partial charge is 0.508 e. The monoisotopic (exact) mass is 358 g/mol. The minimum Gasteiger partial charge on any atom is -0.508 e. The summed E-state index contributed by atoms with van der Waals surface area (Å²) in [5.74, 6) is -0.745. The van der Waals surface area contributed by atoms with E-state index in [4.69, 9.17) is 18.9 Å². The average molecular weight is 358 g/mol. The number of benzene rings is 2. The molecule has 7 heteroatoms. The quantitative estimate of drug-likeness (QED) is 0.649. The Labute approximate surface area is 150 Å². The van der Waals surface area contributed by atoms with E-state index < -0.39 is 11.9 Å². The Morgan fingerprint density at radius 2 is 1.69 bits per heavy atom. The van der Waals surface area contributed by atoms with Crippen LogP contribution in [0.5, 0.6) is 28.7 Å². The lowest BCUT2D eigenvalue weighted by Crippen LogP contribution is -2.11. The third-order valence-corrected chi connectivity index (χ3v) is 4.36. The van der Waals surface area contributed by atoms with E-state index in [1.807, 2.05) is 0 Å². The molecule has 0 aliphatic carbocycles. The molecule has 0 atom stereocenters. The molecular formula is C19H18O7. The smallest absolute Gasteiger partial charge is 0.347 e. The van der Waals surface area contributed by atoms with Crippen LogP contribution in [0.4, 0.5) is 0 Å². The van der Waals surface area contributed by atoms with E-state index >= 15 is 0 Å². The highest BCUT2D eigenvalue weighted by molar-refractivity contribution is 6.00. The van der Waals surface area contributed by atoms with Gasteiger partial charge in [0.15, 0.2) is 11.5 Å². The van der Waals surface area contributed by atoms with Crippen molar-refractivity contribution < 1.29 is 33.6 Å². The number of hydrogen-bond acceptors (Lipinski definition) is 7. The lowest BCUT2D eigenvalue weighted by Gasteiger charge is -2.16. The van der Waals surface area contributed by atoms with Gasteiger partial charge in [-0.3, -0.25) is 0 Å². The minimum atomic E-state index is -0.673. The first-order valence-electron chi connectivity index (χ1n) is 7.83. The molecule has 0 saturated heterocycles. The maximum atomic E-state index is 12.7. The number of phenolic OH excluding ortho intramolecular Hbond substituents is 1. The van der Waals surface area contributed by atoms with Gasteiger partial charge in [0.2, 0.25) is 0 Å². The summed E-state index contributed by atoms with van der Waals surface area (Å²) in [4.78, 5) is 25.0. The third-order valence-electron chi connectivity index (χ3n) is 4.36. The number of methoxy groups -OCH3 is 2. The molecule has 3 rings (SSSR count). The summed E-state index contributed by atoms with van der Waals surface area (Å²) >= 11 is 0. The molecule has 0 bridgehead atoms. The second kappa shape index (κ2) is 6.25. The SMILES string of the molecule is COC(=O)c1cc(OC)c(C)c2c1Oc1c(C)c(O)cc(C)c1C(=O)O2. The van der Waals surface area contributed by atoms with Gasteiger partial charge in [-0.25, -0.2) is 9.59 Å². The van der Waals surface area contributed by atoms with Crippen LogP contribution in [0.1, 0.15) is 37.4 Å². The number of ether oxygens (including phenoxy) is 4. The van der Waals surface area contributed by atoms with Crippen molar-refractivity contribution in [2.75, 3.05) is 14.2 Å². The highest BCUT2D eigenvalue weighted by Gasteiger charge is 2.33. The highest BCUT2D eigenvalue weighted by atomic mass is 16.6. The summed E-state index contributed by atoms with van der Waals surface area (Å²) in [5, 5.41) is 10.1. The third kappa shape index (κ3) is 2.52. The zero-order valence-electron chi connectivity index (χ0n) is 15.1. The molecule has 2 aromatic rings. The first-order chi connectivity index (χ1) is 12.3. The molecule has 0 spiro atoms. The van der Waals surface area contributed by atoms with Gasteiger partial charge in [0.1, 0.15) is 28.4 Å². The molecule has 7 nitrogen and oxygen atoms in total. The van der Waals surface area contributed by atoms with Crippen molar-refractivity contribution in [3.05, 3.63) is 39.9 Å². The number of hydrogen-bond donors (Lipinski definition) is 1. The number of carbonyl (C=O) groups is 2. The van der Waals surface area contributed by atoms with E-state index in [2.05, 4.69) is 0 Å². The molecule has 1 N–H and O–H groups in total. The molecule has 0 radical (unpaired) electrons. The van der Waals surface area contributed by atoms with Crippen LogP contribution in [-0.2, 0) is 4.74 Å². The number of fused-ring (bicyclic) bond motifs is 2. The molecule has 1 aliphatic heterocycles. The van der Waals surface area contributed by atoms with Crippen molar-refractivity contribution in [3.8, 4) is 28.7 Å². The lowest BCUT2D eigenvalue weighted by atomic mass is 10.0. The van der Waals surface area contributed by atoms with E-state index in [-0.39, 0.29) is 34.1 Å². The predicted molar refractivity (Wildman–Crippen MR) is 91.7 cm³/mol. The number of esters is 2. The Bertz CT molecular complexity index is 944. The highest BCUT2D eigenvalue weighted by Crippen LogP contribution is 2.48. The molecule has 2 aromatic carbocycles. The average Bonchev–Trinajstić information content (AvgIpc) is 2.76. The van der Waals surface area contributed by atoms with Crippen LogP contribution in [0.15, 0.2) is 12.1 Å². The fourth-order valence-electron chi connectivity index (χ4n) is 2.90. The van der Waals surface area contributed by atoms with Crippen LogP contribution in [0.3, 0.4) is 0 Å². The molecule has 0 aromatic heterocycles. The zero-order valence-corrected chi connectivity index (χ0v) is 15.1. The van der Waals surface area contributed by atoms with Crippen molar-refractivity contribution in [1.29, 1.82) is 0 Å². The lowest BCUT2D eigenvalue weighted by molar-refractivity contribution is 0.0594. The standard InChI is InChI=1S/C19H18O7/c1-8-6-12(20)9(2)15-14(8)19(22)26-16-10(3)13(23-4)7-11(17(16)25-15)18(21)24-5/h6-7,20H,1-5H3. The van der Waals surface area contributed by atoms with E-state index in [9.17, 15) is 14.7 Å². The number of carbonyl (C=O) groups excluding carboxylic acids is 2. The van der Waals surface area contributed by atoms with Crippen LogP contribution in [0.25, 0.3) is 0 Å². The first kappa shape index (κ1) is 17.6. The van der Waals surface area contributed by atoms with Crippen molar-refractivity contribution in [1.82, 2.24) is 0 Å². The van der Waals surface area contributed by atoms with Gasteiger partial charge in [0.25, 0.3) is 0 Å². The van der Waals surface area contributed by atoms with Gasteiger partial charge in [-0.2, -0.15) is 0 Å². The van der Waals surface area contributed by atoms with Crippen LogP contribution in [-0.4, -0.2) is 31.3 Å². The molecule has 0 fully saturated rings. The van der Waals surface area contributed by atoms with Crippen molar-refractivity contribution in [2.24, 2.45) is 0 Å². The summed E-state index contributed by atoms with van der Waals surface area (Å²) in [6.45, 7) is 4.95. The van der Waals surface area contributed by atoms with Gasteiger partial charge in [-0.15, -0.1) is 0 Å². The normalized spacial score (nSPS) is 12.3. The predicted octanol–water partition coefficient (Wildman–Crippen LogP) is 3.44. The second-order valence-corrected chi connectivity index (χ2v) is 5.93. The number of rotatable bonds is 2. The Balaban J connectivity index is 2.36. The summed E-state index contributed by atoms with van der Waals surface area (Å²) in [6, 6.07) is 2.92. The van der Waals surface area contributed by atoms with E-state index in [1.54, 1.807) is 20.8 Å². The molecule has 26 heavy (non-hydrogen) atoms. The van der Waals surface area contributed by atoms with Crippen LogP contribution in [0, 0.1) is 20.8 Å². The Kier molecular flexibility index (Phi) is 4.23. The molecule has 1 heterocycles. The van der Waals surface area contributed by atoms with Crippen molar-refractivity contribution in [3.63, 3.8) is 0 Å². The van der Waals surface area contributed by atoms with Gasteiger partial charge >= 0.3 is 11.9 Å². The topological polar surface area (TPSA) is 91.3 Å². The maximum absolute atomic E-state index is 12.7. The second-order valence-electron chi connectivity index (χ2n) is 5.93. The van der Waals surface area contributed by atoms with Crippen molar-refractivity contribution in [2.45, 2.75) is 20.8 Å². The van der Waals surface area contributed by atoms with Crippen LogP contribution >= 0.6 is 0 Å². The summed E-state index contributed by atoms with van der Waals surface area (Å²) in [7, 11) is 2.68. The molecule has 0 amide bonds. The Morgan fingerprint density at radius 1 is 1.00 bits per heavy atom. The summed E-state index contributed by atoms with van der Waals surface area (Å²) in [6.07, 6.45) is 0. The molecule has 1 aliphatic rings. The van der Waals surface area contributed by atoms with E-state index in [1.165, 1.54) is 26.4 Å². The number of aromatic hydroxyl groups is 1. The van der Waals surface area contributed by atoms with Crippen molar-refractivity contribution >= 4 is 11.9 Å². The van der Waals surface area contributed by atoms with Gasteiger partial charge in [-0.05, 0) is 38.5 Å². The number of phenols is 1. The fraction of sp³-hybridized carbons (Fsp3) is 0.263. The van der Waals surface area contributed by atoms with Gasteiger partial charge in [0.05, 0.1) is 14.2 Å². The van der Waals surface area contributed by atoms with Crippen LogP contribution < -0.4 is 14.2 Å². The minimum absolute atomic E-state index is 0.0256. The molecule has 0 unspecified atom stereocenters.